The van der Waals surface area contributed by atoms with Crippen LogP contribution in [-0.2, 0) is 14.3 Å². The molecule has 0 fully saturated rings. The van der Waals surface area contributed by atoms with E-state index in [2.05, 4.69) is 0 Å². The Morgan fingerprint density at radius 2 is 1.68 bits per heavy atom. The van der Waals surface area contributed by atoms with Crippen molar-refractivity contribution in [3.63, 3.8) is 0 Å². The van der Waals surface area contributed by atoms with E-state index in [1.54, 1.807) is 42.5 Å². The van der Waals surface area contributed by atoms with E-state index in [9.17, 15) is 14.0 Å². The molecule has 0 heterocycles. The van der Waals surface area contributed by atoms with Crippen LogP contribution in [0.25, 0.3) is 6.08 Å². The molecule has 22 heavy (non-hydrogen) atoms. The molecule has 0 bridgehead atoms. The van der Waals surface area contributed by atoms with Crippen LogP contribution < -0.4 is 5.73 Å². The molecule has 0 saturated heterocycles. The first kappa shape index (κ1) is 15.4. The molecule has 112 valence electrons. The zero-order valence-corrected chi connectivity index (χ0v) is 11.6. The maximum atomic E-state index is 13.4. The van der Waals surface area contributed by atoms with E-state index in [1.807, 2.05) is 0 Å². The summed E-state index contributed by atoms with van der Waals surface area (Å²) in [6, 6.07) is 14.4. The zero-order valence-electron chi connectivity index (χ0n) is 11.6. The Labute approximate surface area is 127 Å². The molecule has 0 aromatic heterocycles. The van der Waals surface area contributed by atoms with Crippen LogP contribution in [0, 0.1) is 5.82 Å². The molecule has 0 radical (unpaired) electrons. The number of amides is 1. The number of esters is 1. The van der Waals surface area contributed by atoms with Crippen molar-refractivity contribution in [2.24, 2.45) is 5.73 Å². The number of primary amides is 1. The van der Waals surface area contributed by atoms with Gasteiger partial charge < -0.3 is 10.5 Å². The van der Waals surface area contributed by atoms with E-state index >= 15 is 0 Å². The molecule has 0 saturated carbocycles. The quantitative estimate of drug-likeness (QED) is 0.681. The van der Waals surface area contributed by atoms with Gasteiger partial charge in [-0.15, -0.1) is 0 Å². The summed E-state index contributed by atoms with van der Waals surface area (Å²) >= 11 is 0. The molecule has 1 unspecified atom stereocenters. The largest absolute Gasteiger partial charge is 0.444 e. The highest BCUT2D eigenvalue weighted by Crippen LogP contribution is 2.17. The summed E-state index contributed by atoms with van der Waals surface area (Å²) in [6.45, 7) is 0. The third-order valence-electron chi connectivity index (χ3n) is 2.90. The van der Waals surface area contributed by atoms with Crippen molar-refractivity contribution in [3.05, 3.63) is 77.6 Å². The predicted molar refractivity (Wildman–Crippen MR) is 79.9 cm³/mol. The number of nitrogens with two attached hydrogens (primary N) is 1. The number of hydrogen-bond acceptors (Lipinski definition) is 3. The van der Waals surface area contributed by atoms with Crippen molar-refractivity contribution in [2.45, 2.75) is 6.10 Å². The molecule has 0 aliphatic rings. The molecule has 2 aromatic rings. The summed E-state index contributed by atoms with van der Waals surface area (Å²) in [5.41, 5.74) is 5.97. The summed E-state index contributed by atoms with van der Waals surface area (Å²) in [4.78, 5) is 23.2. The molecule has 1 atom stereocenters. The van der Waals surface area contributed by atoms with Gasteiger partial charge in [-0.05, 0) is 12.1 Å². The molecular formula is C17H14FNO3. The van der Waals surface area contributed by atoms with Crippen LogP contribution in [0.2, 0.25) is 0 Å². The van der Waals surface area contributed by atoms with E-state index in [-0.39, 0.29) is 5.56 Å². The van der Waals surface area contributed by atoms with Gasteiger partial charge in [-0.25, -0.2) is 9.18 Å². The van der Waals surface area contributed by atoms with E-state index < -0.39 is 23.8 Å². The first-order valence-electron chi connectivity index (χ1n) is 6.55. The Kier molecular flexibility index (Phi) is 5.03. The average Bonchev–Trinajstić information content (AvgIpc) is 2.52. The SMILES string of the molecule is NC(=O)C(OC(=O)/C=C/c1ccccc1F)c1ccccc1. The van der Waals surface area contributed by atoms with Gasteiger partial charge in [-0.3, -0.25) is 4.79 Å². The normalized spacial score (nSPS) is 12.0. The van der Waals surface area contributed by atoms with Gasteiger partial charge in [-0.1, -0.05) is 48.5 Å². The standard InChI is InChI=1S/C17H14FNO3/c18-14-9-5-4-6-12(14)10-11-15(20)22-16(17(19)21)13-7-2-1-3-8-13/h1-11,16H,(H2,19,21)/b11-10+. The Hall–Kier alpha value is -2.95. The van der Waals surface area contributed by atoms with Crippen molar-refractivity contribution in [3.8, 4) is 0 Å². The van der Waals surface area contributed by atoms with Crippen LogP contribution in [-0.4, -0.2) is 11.9 Å². The van der Waals surface area contributed by atoms with E-state index in [0.717, 1.165) is 6.08 Å². The maximum absolute atomic E-state index is 13.4. The highest BCUT2D eigenvalue weighted by atomic mass is 19.1. The topological polar surface area (TPSA) is 69.4 Å². The lowest BCUT2D eigenvalue weighted by Crippen LogP contribution is -2.25. The van der Waals surface area contributed by atoms with Crippen LogP contribution in [0.5, 0.6) is 0 Å². The fourth-order valence-corrected chi connectivity index (χ4v) is 1.84. The predicted octanol–water partition coefficient (Wildman–Crippen LogP) is 2.61. The second-order valence-electron chi connectivity index (χ2n) is 4.48. The summed E-state index contributed by atoms with van der Waals surface area (Å²) in [6.07, 6.45) is 1.15. The minimum atomic E-state index is -1.18. The Morgan fingerprint density at radius 3 is 2.32 bits per heavy atom. The maximum Gasteiger partial charge on any atom is 0.331 e. The zero-order chi connectivity index (χ0) is 15.9. The number of carbonyl (C=O) groups excluding carboxylic acids is 2. The lowest BCUT2D eigenvalue weighted by molar-refractivity contribution is -0.150. The molecule has 4 nitrogen and oxygen atoms in total. The van der Waals surface area contributed by atoms with Crippen molar-refractivity contribution in [1.82, 2.24) is 0 Å². The highest BCUT2D eigenvalue weighted by Gasteiger charge is 2.21. The van der Waals surface area contributed by atoms with Gasteiger partial charge >= 0.3 is 5.97 Å². The Morgan fingerprint density at radius 1 is 1.05 bits per heavy atom. The van der Waals surface area contributed by atoms with Gasteiger partial charge in [-0.2, -0.15) is 0 Å². The van der Waals surface area contributed by atoms with Crippen molar-refractivity contribution >= 4 is 18.0 Å². The van der Waals surface area contributed by atoms with Crippen LogP contribution in [0.1, 0.15) is 17.2 Å². The number of rotatable bonds is 5. The van der Waals surface area contributed by atoms with Gasteiger partial charge in [0.25, 0.3) is 5.91 Å². The summed E-state index contributed by atoms with van der Waals surface area (Å²) < 4.78 is 18.5. The van der Waals surface area contributed by atoms with Gasteiger partial charge in [0.05, 0.1) is 0 Å². The number of benzene rings is 2. The summed E-state index contributed by atoms with van der Waals surface area (Å²) in [5.74, 6) is -2.02. The molecular weight excluding hydrogens is 285 g/mol. The Balaban J connectivity index is 2.10. The van der Waals surface area contributed by atoms with Crippen molar-refractivity contribution < 1.29 is 18.7 Å². The third kappa shape index (κ3) is 4.02. The van der Waals surface area contributed by atoms with Crippen LogP contribution in [0.3, 0.4) is 0 Å². The third-order valence-corrected chi connectivity index (χ3v) is 2.90. The molecule has 2 rings (SSSR count). The smallest absolute Gasteiger partial charge is 0.331 e. The monoisotopic (exact) mass is 299 g/mol. The minimum Gasteiger partial charge on any atom is -0.444 e. The molecule has 5 heteroatoms. The van der Waals surface area contributed by atoms with Crippen LogP contribution in [0.4, 0.5) is 4.39 Å². The number of carbonyl (C=O) groups is 2. The summed E-state index contributed by atoms with van der Waals surface area (Å²) in [5, 5.41) is 0. The van der Waals surface area contributed by atoms with E-state index in [1.165, 1.54) is 18.2 Å². The first-order valence-corrected chi connectivity index (χ1v) is 6.55. The summed E-state index contributed by atoms with van der Waals surface area (Å²) in [7, 11) is 0. The fourth-order valence-electron chi connectivity index (χ4n) is 1.84. The van der Waals surface area contributed by atoms with Gasteiger partial charge in [0.1, 0.15) is 5.82 Å². The fraction of sp³-hybridized carbons (Fsp3) is 0.0588. The highest BCUT2D eigenvalue weighted by molar-refractivity contribution is 5.90. The minimum absolute atomic E-state index is 0.245. The second kappa shape index (κ2) is 7.17. The van der Waals surface area contributed by atoms with E-state index in [4.69, 9.17) is 10.5 Å². The molecule has 1 amide bonds. The number of ether oxygens (including phenoxy) is 1. The van der Waals surface area contributed by atoms with Gasteiger partial charge in [0.2, 0.25) is 6.10 Å². The molecule has 2 N–H and O–H groups in total. The van der Waals surface area contributed by atoms with Gasteiger partial charge in [0, 0.05) is 17.2 Å². The molecule has 0 aliphatic carbocycles. The van der Waals surface area contributed by atoms with Crippen LogP contribution >= 0.6 is 0 Å². The average molecular weight is 299 g/mol. The molecule has 0 aliphatic heterocycles. The van der Waals surface area contributed by atoms with Crippen LogP contribution in [0.15, 0.2) is 60.7 Å². The number of halogens is 1. The van der Waals surface area contributed by atoms with Crippen molar-refractivity contribution in [1.29, 1.82) is 0 Å². The van der Waals surface area contributed by atoms with E-state index in [0.29, 0.717) is 5.56 Å². The molecule has 0 spiro atoms. The second-order valence-corrected chi connectivity index (χ2v) is 4.48. The first-order chi connectivity index (χ1) is 10.6. The van der Waals surface area contributed by atoms with Crippen molar-refractivity contribution in [2.75, 3.05) is 0 Å². The lowest BCUT2D eigenvalue weighted by atomic mass is 10.1. The lowest BCUT2D eigenvalue weighted by Gasteiger charge is -2.13. The van der Waals surface area contributed by atoms with Gasteiger partial charge in [0.15, 0.2) is 0 Å². The number of hydrogen-bond donors (Lipinski definition) is 1. The molecule has 2 aromatic carbocycles. The Bertz CT molecular complexity index is 698.